The van der Waals surface area contributed by atoms with E-state index in [1.54, 1.807) is 6.20 Å². The molecule has 1 saturated carbocycles. The predicted octanol–water partition coefficient (Wildman–Crippen LogP) is 2.15. The highest BCUT2D eigenvalue weighted by Gasteiger charge is 2.20. The fourth-order valence-electron chi connectivity index (χ4n) is 2.82. The second-order valence-electron chi connectivity index (χ2n) is 5.84. The quantitative estimate of drug-likeness (QED) is 0.945. The number of nitrogens with zero attached hydrogens (tertiary/aromatic N) is 2. The van der Waals surface area contributed by atoms with Crippen LogP contribution in [0.15, 0.2) is 22.4 Å². The van der Waals surface area contributed by atoms with Crippen molar-refractivity contribution in [2.75, 3.05) is 0 Å². The summed E-state index contributed by atoms with van der Waals surface area (Å²) in [5, 5.41) is 9.79. The third kappa shape index (κ3) is 3.15. The van der Waals surface area contributed by atoms with Gasteiger partial charge in [0.05, 0.1) is 6.20 Å². The number of thiophene rings is 1. The van der Waals surface area contributed by atoms with Crippen LogP contribution in [0.4, 0.5) is 0 Å². The Bertz CT molecular complexity index is 698. The maximum atomic E-state index is 12.2. The molecule has 1 aliphatic rings. The van der Waals surface area contributed by atoms with E-state index in [0.717, 1.165) is 37.0 Å². The summed E-state index contributed by atoms with van der Waals surface area (Å²) in [4.78, 5) is 24.3. The van der Waals surface area contributed by atoms with E-state index in [0.29, 0.717) is 4.70 Å². The number of carbonyl (C=O) groups excluding carboxylic acids is 1. The molecule has 3 rings (SSSR count). The highest BCUT2D eigenvalue weighted by molar-refractivity contribution is 7.17. The summed E-state index contributed by atoms with van der Waals surface area (Å²) < 4.78 is 1.91. The molecular weight excluding hydrogens is 286 g/mol. The zero-order valence-electron chi connectivity index (χ0n) is 12.0. The van der Waals surface area contributed by atoms with Gasteiger partial charge < -0.3 is 5.32 Å². The molecule has 0 atom stereocenters. The Morgan fingerprint density at radius 3 is 2.95 bits per heavy atom. The third-order valence-corrected chi connectivity index (χ3v) is 5.05. The zero-order valence-corrected chi connectivity index (χ0v) is 12.9. The number of rotatable bonds is 3. The first-order chi connectivity index (χ1) is 10.1. The van der Waals surface area contributed by atoms with E-state index in [4.69, 9.17) is 0 Å². The maximum Gasteiger partial charge on any atom is 0.285 e. The molecule has 1 amide bonds. The smallest absolute Gasteiger partial charge is 0.285 e. The van der Waals surface area contributed by atoms with E-state index < -0.39 is 0 Å². The van der Waals surface area contributed by atoms with Crippen LogP contribution in [-0.2, 0) is 11.3 Å². The van der Waals surface area contributed by atoms with Gasteiger partial charge in [0.2, 0.25) is 5.91 Å². The molecular formula is C15H19N3O2S. The minimum Gasteiger partial charge on any atom is -0.352 e. The number of nitrogens with one attached hydrogen (secondary N) is 1. The summed E-state index contributed by atoms with van der Waals surface area (Å²) >= 11 is 1.39. The molecule has 1 N–H and O–H groups in total. The number of aromatic nitrogens is 2. The second-order valence-corrected chi connectivity index (χ2v) is 6.75. The van der Waals surface area contributed by atoms with Gasteiger partial charge in [-0.05, 0) is 43.0 Å². The molecule has 0 aliphatic heterocycles. The molecule has 0 bridgehead atoms. The van der Waals surface area contributed by atoms with E-state index >= 15 is 0 Å². The monoisotopic (exact) mass is 305 g/mol. The van der Waals surface area contributed by atoms with Crippen LogP contribution in [0.3, 0.4) is 0 Å². The van der Waals surface area contributed by atoms with E-state index in [9.17, 15) is 9.59 Å². The van der Waals surface area contributed by atoms with Crippen LogP contribution in [0.2, 0.25) is 0 Å². The van der Waals surface area contributed by atoms with Crippen LogP contribution < -0.4 is 10.9 Å². The molecule has 5 nitrogen and oxygen atoms in total. The molecule has 1 aliphatic carbocycles. The predicted molar refractivity (Wildman–Crippen MR) is 83.4 cm³/mol. The van der Waals surface area contributed by atoms with E-state index in [1.165, 1.54) is 16.0 Å². The van der Waals surface area contributed by atoms with Crippen LogP contribution in [0.25, 0.3) is 10.1 Å². The minimum atomic E-state index is -0.185. The van der Waals surface area contributed by atoms with Crippen molar-refractivity contribution in [1.29, 1.82) is 0 Å². The zero-order chi connectivity index (χ0) is 14.8. The first-order valence-electron chi connectivity index (χ1n) is 7.36. The summed E-state index contributed by atoms with van der Waals surface area (Å²) in [5.74, 6) is 0.628. The molecule has 0 radical (unpaired) electrons. The largest absolute Gasteiger partial charge is 0.352 e. The van der Waals surface area contributed by atoms with Crippen molar-refractivity contribution >= 4 is 27.3 Å². The summed E-state index contributed by atoms with van der Waals surface area (Å²) in [7, 11) is 0. The van der Waals surface area contributed by atoms with Gasteiger partial charge in [-0.3, -0.25) is 9.59 Å². The number of hydrogen-bond donors (Lipinski definition) is 1. The Labute approximate surface area is 127 Å². The molecule has 21 heavy (non-hydrogen) atoms. The lowest BCUT2D eigenvalue weighted by Crippen LogP contribution is -2.41. The average molecular weight is 305 g/mol. The van der Waals surface area contributed by atoms with E-state index in [2.05, 4.69) is 17.3 Å². The fourth-order valence-corrected chi connectivity index (χ4v) is 3.64. The van der Waals surface area contributed by atoms with E-state index in [1.807, 2.05) is 11.4 Å². The van der Waals surface area contributed by atoms with Gasteiger partial charge >= 0.3 is 0 Å². The van der Waals surface area contributed by atoms with Crippen molar-refractivity contribution < 1.29 is 4.79 Å². The Hall–Kier alpha value is -1.69. The van der Waals surface area contributed by atoms with Crippen molar-refractivity contribution in [3.63, 3.8) is 0 Å². The number of amides is 1. The first-order valence-corrected chi connectivity index (χ1v) is 8.24. The first kappa shape index (κ1) is 14.3. The van der Waals surface area contributed by atoms with Gasteiger partial charge in [-0.15, -0.1) is 11.3 Å². The van der Waals surface area contributed by atoms with Crippen molar-refractivity contribution in [2.24, 2.45) is 5.92 Å². The van der Waals surface area contributed by atoms with Crippen LogP contribution in [0, 0.1) is 5.92 Å². The Morgan fingerprint density at radius 1 is 1.43 bits per heavy atom. The maximum absolute atomic E-state index is 12.2. The molecule has 2 aromatic rings. The Morgan fingerprint density at radius 2 is 2.19 bits per heavy atom. The van der Waals surface area contributed by atoms with Gasteiger partial charge in [-0.2, -0.15) is 5.10 Å². The van der Waals surface area contributed by atoms with Crippen molar-refractivity contribution in [2.45, 2.75) is 45.2 Å². The highest BCUT2D eigenvalue weighted by atomic mass is 32.1. The number of fused-ring (bicyclic) bond motifs is 1. The molecule has 6 heteroatoms. The van der Waals surface area contributed by atoms with Gasteiger partial charge in [0.25, 0.3) is 5.56 Å². The molecule has 112 valence electrons. The van der Waals surface area contributed by atoms with Crippen molar-refractivity contribution in [1.82, 2.24) is 15.1 Å². The Kier molecular flexibility index (Phi) is 4.05. The van der Waals surface area contributed by atoms with Crippen molar-refractivity contribution in [3.8, 4) is 0 Å². The normalized spacial score (nSPS) is 22.3. The van der Waals surface area contributed by atoms with Crippen LogP contribution in [0.1, 0.15) is 32.6 Å². The van der Waals surface area contributed by atoms with Gasteiger partial charge in [0.15, 0.2) is 0 Å². The third-order valence-electron chi connectivity index (χ3n) is 4.13. The topological polar surface area (TPSA) is 64.0 Å². The van der Waals surface area contributed by atoms with Gasteiger partial charge in [0.1, 0.15) is 11.2 Å². The fraction of sp³-hybridized carbons (Fsp3) is 0.533. The highest BCUT2D eigenvalue weighted by Crippen LogP contribution is 2.23. The van der Waals surface area contributed by atoms with Gasteiger partial charge in [-0.1, -0.05) is 6.92 Å². The summed E-state index contributed by atoms with van der Waals surface area (Å²) in [6, 6.07) is 2.11. The lowest BCUT2D eigenvalue weighted by molar-refractivity contribution is -0.122. The summed E-state index contributed by atoms with van der Waals surface area (Å²) in [6.45, 7) is 2.25. The molecule has 1 fully saturated rings. The van der Waals surface area contributed by atoms with Gasteiger partial charge in [0, 0.05) is 11.4 Å². The number of carbonyl (C=O) groups is 1. The van der Waals surface area contributed by atoms with Gasteiger partial charge in [-0.25, -0.2) is 4.68 Å². The standard InChI is InChI=1S/C15H19N3O2S/c1-10-2-4-12(5-3-10)17-13(19)9-18-15(20)14-11(8-16-18)6-7-21-14/h6-8,10,12H,2-5,9H2,1H3,(H,17,19). The lowest BCUT2D eigenvalue weighted by atomic mass is 9.87. The molecule has 2 aromatic heterocycles. The molecule has 0 aromatic carbocycles. The van der Waals surface area contributed by atoms with Crippen LogP contribution in [-0.4, -0.2) is 21.7 Å². The number of hydrogen-bond acceptors (Lipinski definition) is 4. The Balaban J connectivity index is 1.66. The molecule has 2 heterocycles. The lowest BCUT2D eigenvalue weighted by Gasteiger charge is -2.26. The molecule has 0 spiro atoms. The summed E-state index contributed by atoms with van der Waals surface area (Å²) in [6.07, 6.45) is 6.01. The molecule has 0 unspecified atom stereocenters. The minimum absolute atomic E-state index is 0.00126. The van der Waals surface area contributed by atoms with Crippen molar-refractivity contribution in [3.05, 3.63) is 28.0 Å². The van der Waals surface area contributed by atoms with E-state index in [-0.39, 0.29) is 24.1 Å². The molecule has 0 saturated heterocycles. The average Bonchev–Trinajstić information content (AvgIpc) is 2.94. The SMILES string of the molecule is CC1CCC(NC(=O)Cn2ncc3ccsc3c2=O)CC1. The van der Waals surface area contributed by atoms with Crippen LogP contribution in [0.5, 0.6) is 0 Å². The summed E-state index contributed by atoms with van der Waals surface area (Å²) in [5.41, 5.74) is -0.185. The second kappa shape index (κ2) is 5.97. The van der Waals surface area contributed by atoms with Crippen LogP contribution >= 0.6 is 11.3 Å².